The zero-order chi connectivity index (χ0) is 7.33. The Kier molecular flexibility index (Phi) is 3.38. The minimum absolute atomic E-state index is 0.0151. The summed E-state index contributed by atoms with van der Waals surface area (Å²) in [5.41, 5.74) is 0. The Bertz CT molecular complexity index is 98.5. The fourth-order valence-electron chi connectivity index (χ4n) is 0.306. The van der Waals surface area contributed by atoms with Crippen molar-refractivity contribution in [1.29, 1.82) is 0 Å². The smallest absolute Gasteiger partial charge is 0.445 e. The van der Waals surface area contributed by atoms with E-state index >= 15 is 0 Å². The Balaban J connectivity index is 3.45. The van der Waals surface area contributed by atoms with E-state index in [1.54, 1.807) is 0 Å². The van der Waals surface area contributed by atoms with E-state index in [-0.39, 0.29) is 12.6 Å². The molecule has 0 spiro atoms. The maximum absolute atomic E-state index is 11.3. The van der Waals surface area contributed by atoms with Gasteiger partial charge in [-0.15, -0.1) is 5.98 Å². The molecule has 0 fully saturated rings. The van der Waals surface area contributed by atoms with Gasteiger partial charge in [0, 0.05) is 7.11 Å². The number of hydrogen-bond donors (Lipinski definition) is 0. The maximum Gasteiger partial charge on any atom is 0.502 e. The Labute approximate surface area is 51.6 Å². The summed E-state index contributed by atoms with van der Waals surface area (Å²) in [4.78, 5) is 0. The molecule has 9 heavy (non-hydrogen) atoms. The number of halogens is 3. The van der Waals surface area contributed by atoms with Crippen molar-refractivity contribution in [2.24, 2.45) is 0 Å². The minimum atomic E-state index is -4.77. The lowest BCUT2D eigenvalue weighted by atomic mass is 9.92. The molecular weight excluding hydrogens is 132 g/mol. The average Bonchev–Trinajstić information content (AvgIpc) is 1.63. The summed E-state index contributed by atoms with van der Waals surface area (Å²) in [5, 5.41) is 0. The van der Waals surface area contributed by atoms with Crippen molar-refractivity contribution < 1.29 is 17.7 Å². The van der Waals surface area contributed by atoms with E-state index in [9.17, 15) is 12.9 Å². The van der Waals surface area contributed by atoms with Crippen LogP contribution in [0.2, 0.25) is 0 Å². The van der Waals surface area contributed by atoms with Crippen LogP contribution in [0.15, 0.2) is 12.1 Å². The molecule has 0 aliphatic heterocycles. The van der Waals surface area contributed by atoms with Gasteiger partial charge < -0.3 is 17.7 Å². The molecule has 0 aliphatic rings. The summed E-state index contributed by atoms with van der Waals surface area (Å²) in [5.74, 6) is 0.212. The van der Waals surface area contributed by atoms with E-state index in [4.69, 9.17) is 0 Å². The molecule has 0 atom stereocenters. The quantitative estimate of drug-likeness (QED) is 0.539. The summed E-state index contributed by atoms with van der Waals surface area (Å²) in [6.07, 6.45) is 0.944. The lowest BCUT2D eigenvalue weighted by molar-refractivity contribution is 0.233. The topological polar surface area (TPSA) is 9.23 Å². The second-order valence-electron chi connectivity index (χ2n) is 1.51. The van der Waals surface area contributed by atoms with Crippen molar-refractivity contribution in [2.75, 3.05) is 13.7 Å². The van der Waals surface area contributed by atoms with Crippen molar-refractivity contribution >= 4 is 6.98 Å². The lowest BCUT2D eigenvalue weighted by Gasteiger charge is -2.05. The number of methoxy groups -OCH3 is 1. The van der Waals surface area contributed by atoms with Crippen LogP contribution in [0.1, 0.15) is 0 Å². The first-order valence-electron chi connectivity index (χ1n) is 2.43. The molecular formula is C4H7BF3O-. The number of hydrogen-bond acceptors (Lipinski definition) is 1. The molecule has 54 valence electrons. The van der Waals surface area contributed by atoms with Gasteiger partial charge in [-0.1, -0.05) is 6.08 Å². The molecule has 0 aromatic heterocycles. The third kappa shape index (κ3) is 7.55. The van der Waals surface area contributed by atoms with E-state index in [2.05, 4.69) is 4.74 Å². The maximum atomic E-state index is 11.3. The summed E-state index contributed by atoms with van der Waals surface area (Å²) >= 11 is 0. The van der Waals surface area contributed by atoms with Gasteiger partial charge in [0.15, 0.2) is 0 Å². The van der Waals surface area contributed by atoms with Crippen LogP contribution < -0.4 is 0 Å². The SMILES string of the molecule is COCC=C[B-](F)(F)F. The van der Waals surface area contributed by atoms with Gasteiger partial charge in [0.05, 0.1) is 6.61 Å². The Morgan fingerprint density at radius 2 is 2.00 bits per heavy atom. The van der Waals surface area contributed by atoms with Crippen LogP contribution in [0.3, 0.4) is 0 Å². The van der Waals surface area contributed by atoms with Gasteiger partial charge >= 0.3 is 6.98 Å². The minimum Gasteiger partial charge on any atom is -0.445 e. The van der Waals surface area contributed by atoms with Crippen LogP contribution in [0.4, 0.5) is 12.9 Å². The molecule has 0 aromatic carbocycles. The standard InChI is InChI=1S/C4H7BF3O/c1-9-4-2-3-5(6,7)8/h2-3H,4H2,1H3/q-1. The predicted octanol–water partition coefficient (Wildman–Crippen LogP) is 1.58. The third-order valence-electron chi connectivity index (χ3n) is 0.617. The van der Waals surface area contributed by atoms with E-state index in [0.29, 0.717) is 0 Å². The largest absolute Gasteiger partial charge is 0.502 e. The molecule has 0 amide bonds. The molecule has 1 nitrogen and oxygen atoms in total. The van der Waals surface area contributed by atoms with Gasteiger partial charge in [0.1, 0.15) is 0 Å². The summed E-state index contributed by atoms with van der Waals surface area (Å²) in [6, 6.07) is 0. The Hall–Kier alpha value is -0.445. The first-order valence-corrected chi connectivity index (χ1v) is 2.43. The monoisotopic (exact) mass is 139 g/mol. The van der Waals surface area contributed by atoms with Crippen LogP contribution in [-0.4, -0.2) is 20.7 Å². The average molecular weight is 139 g/mol. The van der Waals surface area contributed by atoms with Gasteiger partial charge in [-0.3, -0.25) is 0 Å². The van der Waals surface area contributed by atoms with Gasteiger partial charge in [0.2, 0.25) is 0 Å². The van der Waals surface area contributed by atoms with Crippen molar-refractivity contribution in [3.05, 3.63) is 12.1 Å². The highest BCUT2D eigenvalue weighted by molar-refractivity contribution is 6.64. The lowest BCUT2D eigenvalue weighted by Crippen LogP contribution is -2.10. The fraction of sp³-hybridized carbons (Fsp3) is 0.500. The van der Waals surface area contributed by atoms with Gasteiger partial charge in [-0.05, 0) is 0 Å². The predicted molar refractivity (Wildman–Crippen MR) is 30.1 cm³/mol. The van der Waals surface area contributed by atoms with Gasteiger partial charge in [-0.25, -0.2) is 0 Å². The zero-order valence-electron chi connectivity index (χ0n) is 4.98. The van der Waals surface area contributed by atoms with Crippen LogP contribution in [0, 0.1) is 0 Å². The second kappa shape index (κ2) is 3.56. The van der Waals surface area contributed by atoms with Gasteiger partial charge in [-0.2, -0.15) is 0 Å². The Morgan fingerprint density at radius 3 is 2.33 bits per heavy atom. The molecule has 0 bridgehead atoms. The highest BCUT2D eigenvalue weighted by atomic mass is 19.4. The highest BCUT2D eigenvalue weighted by Crippen LogP contribution is 2.08. The van der Waals surface area contributed by atoms with E-state index in [1.165, 1.54) is 7.11 Å². The Morgan fingerprint density at radius 1 is 1.44 bits per heavy atom. The van der Waals surface area contributed by atoms with Crippen molar-refractivity contribution in [3.8, 4) is 0 Å². The summed E-state index contributed by atoms with van der Waals surface area (Å²) in [7, 11) is 1.34. The molecule has 0 N–H and O–H groups in total. The highest BCUT2D eigenvalue weighted by Gasteiger charge is 2.16. The fourth-order valence-corrected chi connectivity index (χ4v) is 0.306. The molecule has 0 saturated carbocycles. The van der Waals surface area contributed by atoms with Crippen LogP contribution in [0.5, 0.6) is 0 Å². The zero-order valence-corrected chi connectivity index (χ0v) is 4.98. The molecule has 0 saturated heterocycles. The van der Waals surface area contributed by atoms with Crippen LogP contribution in [-0.2, 0) is 4.74 Å². The van der Waals surface area contributed by atoms with Crippen molar-refractivity contribution in [2.45, 2.75) is 0 Å². The van der Waals surface area contributed by atoms with E-state index in [1.807, 2.05) is 0 Å². The van der Waals surface area contributed by atoms with Crippen LogP contribution in [0.25, 0.3) is 0 Å². The molecule has 5 heteroatoms. The summed E-state index contributed by atoms with van der Waals surface area (Å²) < 4.78 is 38.3. The normalized spacial score (nSPS) is 12.9. The molecule has 0 radical (unpaired) electrons. The molecule has 0 heterocycles. The van der Waals surface area contributed by atoms with Crippen LogP contribution >= 0.6 is 0 Å². The molecule has 0 aromatic rings. The summed E-state index contributed by atoms with van der Waals surface area (Å²) in [6.45, 7) is -4.76. The van der Waals surface area contributed by atoms with E-state index in [0.717, 1.165) is 6.08 Å². The van der Waals surface area contributed by atoms with E-state index < -0.39 is 6.98 Å². The van der Waals surface area contributed by atoms with Crippen molar-refractivity contribution in [3.63, 3.8) is 0 Å². The number of ether oxygens (including phenoxy) is 1. The second-order valence-corrected chi connectivity index (χ2v) is 1.51. The van der Waals surface area contributed by atoms with Crippen molar-refractivity contribution in [1.82, 2.24) is 0 Å². The first kappa shape index (κ1) is 8.55. The molecule has 0 rings (SSSR count). The third-order valence-corrected chi connectivity index (χ3v) is 0.617. The molecule has 0 unspecified atom stereocenters. The number of rotatable bonds is 3. The van der Waals surface area contributed by atoms with Gasteiger partial charge in [0.25, 0.3) is 0 Å². The molecule has 0 aliphatic carbocycles. The first-order chi connectivity index (χ1) is 4.06.